The van der Waals surface area contributed by atoms with E-state index in [1.807, 2.05) is 37.3 Å². The lowest BCUT2D eigenvalue weighted by Gasteiger charge is -2.15. The maximum atomic E-state index is 11.9. The molecule has 1 atom stereocenters. The molecule has 1 aromatic carbocycles. The third-order valence-electron chi connectivity index (χ3n) is 3.18. The summed E-state index contributed by atoms with van der Waals surface area (Å²) in [5.74, 6) is 0. The smallest absolute Gasteiger partial charge is 0.316 e. The number of pyridine rings is 1. The second-order valence-electron chi connectivity index (χ2n) is 4.98. The van der Waals surface area contributed by atoms with Crippen molar-refractivity contribution < 1.29 is 9.59 Å². The fourth-order valence-corrected chi connectivity index (χ4v) is 2.00. The number of nitrogens with one attached hydrogen (secondary N) is 3. The van der Waals surface area contributed by atoms with Crippen LogP contribution in [-0.4, -0.2) is 17.0 Å². The molecule has 0 saturated carbocycles. The second-order valence-corrected chi connectivity index (χ2v) is 4.98. The van der Waals surface area contributed by atoms with Gasteiger partial charge in [0.2, 0.25) is 0 Å². The van der Waals surface area contributed by atoms with E-state index < -0.39 is 6.03 Å². The van der Waals surface area contributed by atoms with Crippen molar-refractivity contribution in [2.75, 3.05) is 5.32 Å². The Balaban J connectivity index is 1.84. The molecular weight excluding hydrogens is 294 g/mol. The van der Waals surface area contributed by atoms with Gasteiger partial charge in [0.1, 0.15) is 0 Å². The molecule has 2 rings (SSSR count). The Bertz CT molecular complexity index is 658. The molecule has 23 heavy (non-hydrogen) atoms. The summed E-state index contributed by atoms with van der Waals surface area (Å²) in [5, 5.41) is 8.07. The van der Waals surface area contributed by atoms with Gasteiger partial charge in [-0.25, -0.2) is 9.59 Å². The van der Waals surface area contributed by atoms with Crippen LogP contribution in [0.2, 0.25) is 0 Å². The van der Waals surface area contributed by atoms with Crippen molar-refractivity contribution in [2.24, 2.45) is 5.73 Å². The summed E-state index contributed by atoms with van der Waals surface area (Å²) in [4.78, 5) is 26.8. The number of aromatic nitrogens is 1. The Morgan fingerprint density at radius 1 is 1.17 bits per heavy atom. The minimum atomic E-state index is -0.613. The van der Waals surface area contributed by atoms with Crippen molar-refractivity contribution in [2.45, 2.75) is 19.5 Å². The van der Waals surface area contributed by atoms with Crippen LogP contribution in [0.3, 0.4) is 0 Å². The maximum absolute atomic E-state index is 11.9. The first-order valence-corrected chi connectivity index (χ1v) is 7.15. The molecule has 1 unspecified atom stereocenters. The standard InChI is InChI=1S/C16H19N5O2/c1-11(12-5-7-13(8-6-12)21-15(17)22)20-16(23)19-10-14-4-2-3-9-18-14/h2-9,11H,10H2,1H3,(H3,17,21,22)(H2,19,20,23). The zero-order valence-electron chi connectivity index (χ0n) is 12.7. The van der Waals surface area contributed by atoms with Crippen molar-refractivity contribution in [3.8, 4) is 0 Å². The van der Waals surface area contributed by atoms with Gasteiger partial charge in [-0.3, -0.25) is 4.98 Å². The summed E-state index contributed by atoms with van der Waals surface area (Å²) in [5.41, 5.74) is 7.35. The average molecular weight is 313 g/mol. The van der Waals surface area contributed by atoms with Crippen LogP contribution < -0.4 is 21.7 Å². The van der Waals surface area contributed by atoms with E-state index in [-0.39, 0.29) is 12.1 Å². The first kappa shape index (κ1) is 16.3. The van der Waals surface area contributed by atoms with Crippen molar-refractivity contribution in [1.82, 2.24) is 15.6 Å². The second kappa shape index (κ2) is 7.79. The monoisotopic (exact) mass is 313 g/mol. The van der Waals surface area contributed by atoms with Crippen LogP contribution in [0.5, 0.6) is 0 Å². The van der Waals surface area contributed by atoms with E-state index in [1.54, 1.807) is 18.3 Å². The summed E-state index contributed by atoms with van der Waals surface area (Å²) in [6.45, 7) is 2.23. The number of nitrogens with two attached hydrogens (primary N) is 1. The molecule has 120 valence electrons. The highest BCUT2D eigenvalue weighted by molar-refractivity contribution is 5.87. The number of hydrogen-bond donors (Lipinski definition) is 4. The number of nitrogens with zero attached hydrogens (tertiary/aromatic N) is 1. The molecule has 0 bridgehead atoms. The first-order chi connectivity index (χ1) is 11.0. The molecule has 7 nitrogen and oxygen atoms in total. The number of carbonyl (C=O) groups excluding carboxylic acids is 2. The van der Waals surface area contributed by atoms with Gasteiger partial charge >= 0.3 is 12.1 Å². The zero-order valence-corrected chi connectivity index (χ0v) is 12.7. The van der Waals surface area contributed by atoms with Gasteiger partial charge in [0.05, 0.1) is 18.3 Å². The number of amides is 4. The van der Waals surface area contributed by atoms with E-state index in [0.717, 1.165) is 11.3 Å². The van der Waals surface area contributed by atoms with Gasteiger partial charge in [0, 0.05) is 11.9 Å². The van der Waals surface area contributed by atoms with Crippen molar-refractivity contribution in [3.63, 3.8) is 0 Å². The SMILES string of the molecule is CC(NC(=O)NCc1ccccn1)c1ccc(NC(N)=O)cc1. The lowest BCUT2D eigenvalue weighted by atomic mass is 10.1. The van der Waals surface area contributed by atoms with Crippen LogP contribution in [0.4, 0.5) is 15.3 Å². The van der Waals surface area contributed by atoms with Gasteiger partial charge in [0.25, 0.3) is 0 Å². The summed E-state index contributed by atoms with van der Waals surface area (Å²) in [6, 6.07) is 11.5. The predicted molar refractivity (Wildman–Crippen MR) is 87.7 cm³/mol. The maximum Gasteiger partial charge on any atom is 0.316 e. The highest BCUT2D eigenvalue weighted by Gasteiger charge is 2.09. The molecule has 0 saturated heterocycles. The molecule has 0 spiro atoms. The van der Waals surface area contributed by atoms with E-state index >= 15 is 0 Å². The molecule has 4 amide bonds. The molecule has 0 aliphatic rings. The van der Waals surface area contributed by atoms with Gasteiger partial charge < -0.3 is 21.7 Å². The van der Waals surface area contributed by atoms with Crippen LogP contribution >= 0.6 is 0 Å². The fourth-order valence-electron chi connectivity index (χ4n) is 2.00. The van der Waals surface area contributed by atoms with Crippen molar-refractivity contribution >= 4 is 17.7 Å². The molecular formula is C16H19N5O2. The van der Waals surface area contributed by atoms with Crippen LogP contribution in [-0.2, 0) is 6.54 Å². The minimum Gasteiger partial charge on any atom is -0.351 e. The number of rotatable bonds is 5. The molecule has 0 aliphatic carbocycles. The number of hydrogen-bond acceptors (Lipinski definition) is 3. The fraction of sp³-hybridized carbons (Fsp3) is 0.188. The van der Waals surface area contributed by atoms with Gasteiger partial charge in [-0.1, -0.05) is 18.2 Å². The van der Waals surface area contributed by atoms with Crippen LogP contribution in [0, 0.1) is 0 Å². The van der Waals surface area contributed by atoms with E-state index in [0.29, 0.717) is 12.2 Å². The third kappa shape index (κ3) is 5.31. The molecule has 0 radical (unpaired) electrons. The minimum absolute atomic E-state index is 0.179. The van der Waals surface area contributed by atoms with E-state index in [2.05, 4.69) is 20.9 Å². The molecule has 0 aliphatic heterocycles. The average Bonchev–Trinajstić information content (AvgIpc) is 2.54. The summed E-state index contributed by atoms with van der Waals surface area (Å²) >= 11 is 0. The Morgan fingerprint density at radius 3 is 2.52 bits per heavy atom. The number of benzene rings is 1. The number of anilines is 1. The molecule has 2 aromatic rings. The lowest BCUT2D eigenvalue weighted by molar-refractivity contribution is 0.237. The Morgan fingerprint density at radius 2 is 1.91 bits per heavy atom. The summed E-state index contributed by atoms with van der Waals surface area (Å²) < 4.78 is 0. The molecule has 0 fully saturated rings. The van der Waals surface area contributed by atoms with Crippen LogP contribution in [0.15, 0.2) is 48.7 Å². The lowest BCUT2D eigenvalue weighted by Crippen LogP contribution is -2.36. The normalized spacial score (nSPS) is 11.3. The third-order valence-corrected chi connectivity index (χ3v) is 3.18. The van der Waals surface area contributed by atoms with Gasteiger partial charge in [0.15, 0.2) is 0 Å². The molecule has 5 N–H and O–H groups in total. The first-order valence-electron chi connectivity index (χ1n) is 7.15. The van der Waals surface area contributed by atoms with Gasteiger partial charge in [-0.15, -0.1) is 0 Å². The van der Waals surface area contributed by atoms with E-state index in [9.17, 15) is 9.59 Å². The number of carbonyl (C=O) groups is 2. The number of primary amides is 1. The zero-order chi connectivity index (χ0) is 16.7. The quantitative estimate of drug-likeness (QED) is 0.679. The summed E-state index contributed by atoms with van der Waals surface area (Å²) in [7, 11) is 0. The summed E-state index contributed by atoms with van der Waals surface area (Å²) in [6.07, 6.45) is 1.68. The van der Waals surface area contributed by atoms with Gasteiger partial charge in [-0.2, -0.15) is 0 Å². The van der Waals surface area contributed by atoms with Crippen LogP contribution in [0.25, 0.3) is 0 Å². The Kier molecular flexibility index (Phi) is 5.51. The number of urea groups is 2. The van der Waals surface area contributed by atoms with Crippen molar-refractivity contribution in [3.05, 3.63) is 59.9 Å². The predicted octanol–water partition coefficient (Wildman–Crippen LogP) is 2.13. The van der Waals surface area contributed by atoms with Crippen molar-refractivity contribution in [1.29, 1.82) is 0 Å². The topological polar surface area (TPSA) is 109 Å². The van der Waals surface area contributed by atoms with E-state index in [4.69, 9.17) is 5.73 Å². The Labute approximate surface area is 134 Å². The van der Waals surface area contributed by atoms with E-state index in [1.165, 1.54) is 0 Å². The molecule has 1 aromatic heterocycles. The Hall–Kier alpha value is -3.09. The molecule has 1 heterocycles. The largest absolute Gasteiger partial charge is 0.351 e. The van der Waals surface area contributed by atoms with Gasteiger partial charge in [-0.05, 0) is 36.8 Å². The van der Waals surface area contributed by atoms with Crippen LogP contribution in [0.1, 0.15) is 24.2 Å². The highest BCUT2D eigenvalue weighted by atomic mass is 16.2. The molecule has 7 heteroatoms. The highest BCUT2D eigenvalue weighted by Crippen LogP contribution is 2.15.